The molecular weight excluding hydrogens is 387 g/mol. The molecule has 154 valence electrons. The molecule has 1 atom stereocenters. The molecule has 0 fully saturated rings. The highest BCUT2D eigenvalue weighted by atomic mass is 32.2. The monoisotopic (exact) mass is 412 g/mol. The van der Waals surface area contributed by atoms with Gasteiger partial charge < -0.3 is 10.2 Å². The third-order valence-electron chi connectivity index (χ3n) is 3.94. The fourth-order valence-electron chi connectivity index (χ4n) is 2.30. The van der Waals surface area contributed by atoms with Gasteiger partial charge in [-0.15, -0.1) is 0 Å². The second-order valence-electron chi connectivity index (χ2n) is 6.17. The standard InChI is InChI=1S/C15H24N3O.CHF3O3S/c1-4-14(19)15(17,13-9-6-5-7-10-13)18(2,3)12-8-11-16;2-1(3,4)8(5,6)7/h4-7,9-10H,1,8,11-12,16-17H2,2-3H3;(H,5,6,7)/q+1;. The Labute approximate surface area is 156 Å². The lowest BCUT2D eigenvalue weighted by Gasteiger charge is -2.44. The van der Waals surface area contributed by atoms with Crippen LogP contribution in [0.1, 0.15) is 12.0 Å². The molecule has 0 aliphatic carbocycles. The van der Waals surface area contributed by atoms with Crippen molar-refractivity contribution in [3.63, 3.8) is 0 Å². The zero-order valence-corrected chi connectivity index (χ0v) is 15.9. The molecule has 0 aromatic heterocycles. The second-order valence-corrected chi connectivity index (χ2v) is 7.59. The molecule has 11 heteroatoms. The van der Waals surface area contributed by atoms with E-state index in [4.69, 9.17) is 24.4 Å². The molecule has 1 aromatic rings. The average Bonchev–Trinajstić information content (AvgIpc) is 2.58. The van der Waals surface area contributed by atoms with E-state index in [1.165, 1.54) is 6.08 Å². The number of hydrogen-bond acceptors (Lipinski definition) is 5. The van der Waals surface area contributed by atoms with E-state index in [2.05, 4.69) is 6.58 Å². The van der Waals surface area contributed by atoms with Crippen molar-refractivity contribution in [2.75, 3.05) is 27.2 Å². The fraction of sp³-hybridized carbons (Fsp3) is 0.438. The number of likely N-dealkylation sites (N-methyl/N-ethyl adjacent to an activating group) is 1. The van der Waals surface area contributed by atoms with Crippen LogP contribution in [0.5, 0.6) is 0 Å². The van der Waals surface area contributed by atoms with E-state index in [9.17, 15) is 18.0 Å². The van der Waals surface area contributed by atoms with Crippen molar-refractivity contribution in [2.45, 2.75) is 17.6 Å². The molecule has 7 nitrogen and oxygen atoms in total. The van der Waals surface area contributed by atoms with E-state index in [-0.39, 0.29) is 5.78 Å². The van der Waals surface area contributed by atoms with Crippen molar-refractivity contribution in [3.8, 4) is 0 Å². The van der Waals surface area contributed by atoms with Gasteiger partial charge >= 0.3 is 15.6 Å². The van der Waals surface area contributed by atoms with Crippen LogP contribution in [-0.2, 0) is 20.6 Å². The van der Waals surface area contributed by atoms with Gasteiger partial charge in [0.25, 0.3) is 0 Å². The summed E-state index contributed by atoms with van der Waals surface area (Å²) in [5, 5.41) is 0. The number of alkyl halides is 3. The molecule has 1 rings (SSSR count). The van der Waals surface area contributed by atoms with Crippen LogP contribution in [0.15, 0.2) is 43.0 Å². The van der Waals surface area contributed by atoms with Crippen LogP contribution >= 0.6 is 0 Å². The molecule has 0 bridgehead atoms. The predicted molar refractivity (Wildman–Crippen MR) is 95.8 cm³/mol. The van der Waals surface area contributed by atoms with Gasteiger partial charge in [0.1, 0.15) is 0 Å². The number of carbonyl (C=O) groups excluding carboxylic acids is 1. The van der Waals surface area contributed by atoms with Gasteiger partial charge in [-0.3, -0.25) is 15.1 Å². The zero-order chi connectivity index (χ0) is 21.5. The van der Waals surface area contributed by atoms with Gasteiger partial charge in [-0.2, -0.15) is 21.6 Å². The Bertz CT molecular complexity index is 737. The van der Waals surface area contributed by atoms with Gasteiger partial charge in [0.2, 0.25) is 11.4 Å². The second kappa shape index (κ2) is 9.42. The van der Waals surface area contributed by atoms with E-state index < -0.39 is 21.3 Å². The summed E-state index contributed by atoms with van der Waals surface area (Å²) >= 11 is 0. The van der Waals surface area contributed by atoms with Crippen molar-refractivity contribution in [3.05, 3.63) is 48.6 Å². The Balaban J connectivity index is 0.000000713. The summed E-state index contributed by atoms with van der Waals surface area (Å²) in [4.78, 5) is 12.4. The Morgan fingerprint density at radius 3 is 2.04 bits per heavy atom. The Morgan fingerprint density at radius 1 is 1.26 bits per heavy atom. The lowest BCUT2D eigenvalue weighted by Crippen LogP contribution is -2.67. The first-order valence-corrected chi connectivity index (χ1v) is 9.17. The quantitative estimate of drug-likeness (QED) is 0.204. The summed E-state index contributed by atoms with van der Waals surface area (Å²) in [7, 11) is -1.94. The van der Waals surface area contributed by atoms with Crippen molar-refractivity contribution in [2.24, 2.45) is 11.5 Å². The summed E-state index contributed by atoms with van der Waals surface area (Å²) in [5.74, 6) is -0.180. The highest BCUT2D eigenvalue weighted by Crippen LogP contribution is 2.29. The maximum atomic E-state index is 12.4. The van der Waals surface area contributed by atoms with Crippen molar-refractivity contribution in [1.29, 1.82) is 0 Å². The molecule has 0 saturated heterocycles. The van der Waals surface area contributed by atoms with Crippen LogP contribution in [0.2, 0.25) is 0 Å². The van der Waals surface area contributed by atoms with Crippen molar-refractivity contribution in [1.82, 2.24) is 0 Å². The predicted octanol–water partition coefficient (Wildman–Crippen LogP) is 1.37. The van der Waals surface area contributed by atoms with Gasteiger partial charge in [0.15, 0.2) is 0 Å². The van der Waals surface area contributed by atoms with E-state index in [0.29, 0.717) is 11.0 Å². The summed E-state index contributed by atoms with van der Waals surface area (Å²) in [6, 6.07) is 9.43. The van der Waals surface area contributed by atoms with Crippen LogP contribution in [0.25, 0.3) is 0 Å². The SMILES string of the molecule is C=CC(=O)C(N)(c1ccccc1)[N+](C)(C)CCCN.O=S(=O)(O)C(F)(F)F. The van der Waals surface area contributed by atoms with Crippen LogP contribution in [0.3, 0.4) is 0 Å². The number of quaternary nitrogens is 1. The lowest BCUT2D eigenvalue weighted by atomic mass is 9.91. The van der Waals surface area contributed by atoms with Gasteiger partial charge in [0.05, 0.1) is 20.6 Å². The van der Waals surface area contributed by atoms with Crippen LogP contribution in [0, 0.1) is 0 Å². The first-order chi connectivity index (χ1) is 12.1. The molecule has 0 heterocycles. The van der Waals surface area contributed by atoms with Crippen molar-refractivity contribution >= 4 is 15.9 Å². The molecule has 0 amide bonds. The Hall–Kier alpha value is -1.79. The number of nitrogens with two attached hydrogens (primary N) is 2. The van der Waals surface area contributed by atoms with Crippen LogP contribution < -0.4 is 11.5 Å². The molecule has 1 aromatic carbocycles. The minimum Gasteiger partial charge on any atom is -0.330 e. The summed E-state index contributed by atoms with van der Waals surface area (Å²) in [6.45, 7) is 4.88. The van der Waals surface area contributed by atoms with E-state index >= 15 is 0 Å². The topological polar surface area (TPSA) is 123 Å². The number of halogens is 3. The van der Waals surface area contributed by atoms with Gasteiger partial charge in [-0.05, 0) is 12.6 Å². The van der Waals surface area contributed by atoms with Gasteiger partial charge in [-0.25, -0.2) is 0 Å². The molecule has 1 unspecified atom stereocenters. The molecule has 0 aliphatic rings. The molecule has 0 aliphatic heterocycles. The number of hydrogen-bond donors (Lipinski definition) is 3. The van der Waals surface area contributed by atoms with E-state index in [1.54, 1.807) is 0 Å². The third-order valence-corrected chi connectivity index (χ3v) is 4.53. The summed E-state index contributed by atoms with van der Waals surface area (Å²) in [5.41, 5.74) is 6.20. The number of carbonyl (C=O) groups is 1. The Kier molecular flexibility index (Phi) is 8.79. The van der Waals surface area contributed by atoms with Crippen LogP contribution in [0.4, 0.5) is 13.2 Å². The largest absolute Gasteiger partial charge is 0.522 e. The molecule has 0 radical (unpaired) electrons. The van der Waals surface area contributed by atoms with E-state index in [1.807, 2.05) is 44.4 Å². The molecule has 27 heavy (non-hydrogen) atoms. The zero-order valence-electron chi connectivity index (χ0n) is 15.1. The fourth-order valence-corrected chi connectivity index (χ4v) is 2.30. The number of ketones is 1. The smallest absolute Gasteiger partial charge is 0.330 e. The van der Waals surface area contributed by atoms with Gasteiger partial charge in [-0.1, -0.05) is 36.9 Å². The molecule has 0 saturated carbocycles. The lowest BCUT2D eigenvalue weighted by molar-refractivity contribution is -0.938. The number of rotatable bonds is 7. The highest BCUT2D eigenvalue weighted by Gasteiger charge is 2.48. The Morgan fingerprint density at radius 2 is 1.70 bits per heavy atom. The normalized spacial score (nSPS) is 14.5. The average molecular weight is 412 g/mol. The first-order valence-electron chi connectivity index (χ1n) is 7.73. The minimum atomic E-state index is -5.84. The van der Waals surface area contributed by atoms with E-state index in [0.717, 1.165) is 18.5 Å². The third kappa shape index (κ3) is 6.40. The highest BCUT2D eigenvalue weighted by molar-refractivity contribution is 7.86. The number of benzene rings is 1. The maximum absolute atomic E-state index is 12.4. The molecule has 0 spiro atoms. The number of nitrogens with zero attached hydrogens (tertiary/aromatic N) is 1. The summed E-state index contributed by atoms with van der Waals surface area (Å²) in [6.07, 6.45) is 2.11. The molecular formula is C16H25F3N3O4S+. The minimum absolute atomic E-state index is 0.180. The van der Waals surface area contributed by atoms with Gasteiger partial charge in [0, 0.05) is 12.0 Å². The summed E-state index contributed by atoms with van der Waals surface area (Å²) < 4.78 is 57.9. The van der Waals surface area contributed by atoms with Crippen LogP contribution in [-0.4, -0.2) is 55.9 Å². The van der Waals surface area contributed by atoms with Crippen molar-refractivity contribution < 1.29 is 35.4 Å². The molecule has 5 N–H and O–H groups in total. The first kappa shape index (κ1) is 25.2. The maximum Gasteiger partial charge on any atom is 0.522 e.